The lowest BCUT2D eigenvalue weighted by Gasteiger charge is -1.99. The Hall–Kier alpha value is -1.000. The fourth-order valence-electron chi connectivity index (χ4n) is 1.64. The van der Waals surface area contributed by atoms with Crippen LogP contribution in [0.2, 0.25) is 0 Å². The summed E-state index contributed by atoms with van der Waals surface area (Å²) in [4.78, 5) is 12.0. The Morgan fingerprint density at radius 1 is 1.22 bits per heavy atom. The molecule has 0 bridgehead atoms. The van der Waals surface area contributed by atoms with E-state index in [0.717, 1.165) is 15.6 Å². The van der Waals surface area contributed by atoms with E-state index in [4.69, 9.17) is 0 Å². The lowest BCUT2D eigenvalue weighted by Crippen LogP contribution is -3.00. The van der Waals surface area contributed by atoms with E-state index < -0.39 is 0 Å². The van der Waals surface area contributed by atoms with Gasteiger partial charge in [0, 0.05) is 21.7 Å². The van der Waals surface area contributed by atoms with Crippen LogP contribution in [0.5, 0.6) is 0 Å². The number of halogens is 2. The van der Waals surface area contributed by atoms with Crippen molar-refractivity contribution >= 4 is 21.7 Å². The molecule has 94 valence electrons. The maximum atomic E-state index is 12.0. The molecule has 2 nitrogen and oxygen atoms in total. The van der Waals surface area contributed by atoms with E-state index >= 15 is 0 Å². The zero-order chi connectivity index (χ0) is 12.3. The van der Waals surface area contributed by atoms with Crippen LogP contribution in [0, 0.1) is 6.92 Å². The maximum absolute atomic E-state index is 12.0. The molecule has 0 fully saturated rings. The number of nitrogens with zero attached hydrogens (tertiary/aromatic N) is 1. The molecule has 2 rings (SSSR count). The van der Waals surface area contributed by atoms with Gasteiger partial charge in [0.25, 0.3) is 0 Å². The number of rotatable bonds is 3. The molecule has 18 heavy (non-hydrogen) atoms. The van der Waals surface area contributed by atoms with Gasteiger partial charge in [0.05, 0.1) is 0 Å². The molecule has 0 atom stereocenters. The third-order valence-corrected chi connectivity index (χ3v) is 3.03. The van der Waals surface area contributed by atoms with Crippen LogP contribution in [-0.2, 0) is 6.54 Å². The first-order valence-corrected chi connectivity index (χ1v) is 6.19. The van der Waals surface area contributed by atoms with Crippen LogP contribution in [0.4, 0.5) is 0 Å². The number of ketones is 1. The molecule has 0 saturated heterocycles. The number of aromatic nitrogens is 1. The molecule has 1 aromatic carbocycles. The minimum absolute atomic E-state index is 0. The molecule has 0 unspecified atom stereocenters. The van der Waals surface area contributed by atoms with Gasteiger partial charge in [-0.25, -0.2) is 0 Å². The smallest absolute Gasteiger partial charge is 0.227 e. The van der Waals surface area contributed by atoms with Gasteiger partial charge >= 0.3 is 0 Å². The summed E-state index contributed by atoms with van der Waals surface area (Å²) < 4.78 is 2.89. The van der Waals surface area contributed by atoms with Crippen molar-refractivity contribution in [3.63, 3.8) is 0 Å². The fraction of sp³-hybridized carbons (Fsp3) is 0.143. The molecular weight excluding hydrogens is 358 g/mol. The van der Waals surface area contributed by atoms with Crippen LogP contribution in [-0.4, -0.2) is 5.78 Å². The van der Waals surface area contributed by atoms with Crippen LogP contribution in [0.1, 0.15) is 15.9 Å². The Morgan fingerprint density at radius 3 is 2.50 bits per heavy atom. The zero-order valence-corrected chi connectivity index (χ0v) is 13.1. The van der Waals surface area contributed by atoms with Crippen molar-refractivity contribution in [3.8, 4) is 0 Å². The van der Waals surface area contributed by atoms with Crippen LogP contribution >= 0.6 is 15.9 Å². The number of hydrogen-bond acceptors (Lipinski definition) is 1. The molecule has 0 aliphatic carbocycles. The summed E-state index contributed by atoms with van der Waals surface area (Å²) >= 11 is 3.35. The Bertz CT molecular complexity index is 538. The standard InChI is InChI=1S/C14H13BrNO.BrH/c1-11-3-2-8-16(9-11)10-14(17)12-4-6-13(15)7-5-12;/h2-9H,10H2,1H3;1H/q+1;/p-1. The molecular formula is C14H13Br2NO. The van der Waals surface area contributed by atoms with E-state index in [0.29, 0.717) is 6.54 Å². The van der Waals surface area contributed by atoms with Gasteiger partial charge in [-0.1, -0.05) is 28.1 Å². The second-order valence-electron chi connectivity index (χ2n) is 3.98. The quantitative estimate of drug-likeness (QED) is 0.547. The summed E-state index contributed by atoms with van der Waals surface area (Å²) in [5.74, 6) is 0.119. The molecule has 0 aliphatic rings. The third-order valence-electron chi connectivity index (χ3n) is 2.50. The van der Waals surface area contributed by atoms with Crippen LogP contribution in [0.25, 0.3) is 0 Å². The van der Waals surface area contributed by atoms with E-state index in [1.165, 1.54) is 0 Å². The zero-order valence-electron chi connectivity index (χ0n) is 9.94. The van der Waals surface area contributed by atoms with E-state index in [1.54, 1.807) is 0 Å². The number of benzene rings is 1. The monoisotopic (exact) mass is 369 g/mol. The van der Waals surface area contributed by atoms with Crippen molar-refractivity contribution in [2.75, 3.05) is 0 Å². The largest absolute Gasteiger partial charge is 1.00 e. The van der Waals surface area contributed by atoms with E-state index in [1.807, 2.05) is 60.3 Å². The number of Topliss-reactive ketones (excluding diaryl/α,β-unsaturated/α-hetero) is 1. The van der Waals surface area contributed by atoms with Gasteiger partial charge in [-0.15, -0.1) is 0 Å². The van der Waals surface area contributed by atoms with Gasteiger partial charge in [-0.05, 0) is 25.1 Å². The first-order valence-electron chi connectivity index (χ1n) is 5.39. The predicted octanol–water partition coefficient (Wildman–Crippen LogP) is -0.0681. The predicted molar refractivity (Wildman–Crippen MR) is 69.8 cm³/mol. The highest BCUT2D eigenvalue weighted by Gasteiger charge is 2.11. The second-order valence-corrected chi connectivity index (χ2v) is 4.90. The topological polar surface area (TPSA) is 20.9 Å². The number of hydrogen-bond donors (Lipinski definition) is 0. The van der Waals surface area contributed by atoms with Gasteiger partial charge in [-0.2, -0.15) is 4.57 Å². The molecule has 0 spiro atoms. The minimum atomic E-state index is 0. The SMILES string of the molecule is Cc1ccc[n+](CC(=O)c2ccc(Br)cc2)c1.[Br-]. The van der Waals surface area contributed by atoms with Gasteiger partial charge in [0.2, 0.25) is 12.3 Å². The van der Waals surface area contributed by atoms with Crippen molar-refractivity contribution in [1.82, 2.24) is 0 Å². The van der Waals surface area contributed by atoms with Crippen molar-refractivity contribution < 1.29 is 26.3 Å². The first kappa shape index (κ1) is 15.1. The minimum Gasteiger partial charge on any atom is -1.00 e. The summed E-state index contributed by atoms with van der Waals surface area (Å²) in [6.07, 6.45) is 3.88. The average Bonchev–Trinajstić information content (AvgIpc) is 2.29. The average molecular weight is 371 g/mol. The highest BCUT2D eigenvalue weighted by molar-refractivity contribution is 9.10. The molecule has 0 aliphatic heterocycles. The molecule has 1 aromatic heterocycles. The van der Waals surface area contributed by atoms with Gasteiger partial charge < -0.3 is 17.0 Å². The molecule has 0 radical (unpaired) electrons. The van der Waals surface area contributed by atoms with E-state index in [-0.39, 0.29) is 22.8 Å². The lowest BCUT2D eigenvalue weighted by molar-refractivity contribution is -0.683. The number of aryl methyl sites for hydroxylation is 1. The van der Waals surface area contributed by atoms with Crippen molar-refractivity contribution in [1.29, 1.82) is 0 Å². The maximum Gasteiger partial charge on any atom is 0.227 e. The van der Waals surface area contributed by atoms with Crippen LogP contribution in [0.15, 0.2) is 53.3 Å². The van der Waals surface area contributed by atoms with Crippen molar-refractivity contribution in [2.24, 2.45) is 0 Å². The Kier molecular flexibility index (Phi) is 5.69. The first-order chi connectivity index (χ1) is 8.15. The Morgan fingerprint density at radius 2 is 1.89 bits per heavy atom. The van der Waals surface area contributed by atoms with Crippen LogP contribution in [0.3, 0.4) is 0 Å². The third kappa shape index (κ3) is 4.03. The highest BCUT2D eigenvalue weighted by Crippen LogP contribution is 2.10. The molecule has 1 heterocycles. The van der Waals surface area contributed by atoms with Crippen molar-refractivity contribution in [3.05, 3.63) is 64.4 Å². The normalized spacial score (nSPS) is 9.67. The summed E-state index contributed by atoms with van der Waals surface area (Å²) in [5.41, 5.74) is 1.89. The Labute approximate surface area is 126 Å². The molecule has 0 amide bonds. The van der Waals surface area contributed by atoms with Crippen LogP contribution < -0.4 is 21.5 Å². The molecule has 0 N–H and O–H groups in total. The number of carbonyl (C=O) groups excluding carboxylic acids is 1. The summed E-state index contributed by atoms with van der Waals surface area (Å²) in [7, 11) is 0. The second kappa shape index (κ2) is 6.81. The summed E-state index contributed by atoms with van der Waals surface area (Å²) in [6.45, 7) is 2.39. The Balaban J connectivity index is 0.00000162. The fourth-order valence-corrected chi connectivity index (χ4v) is 1.91. The molecule has 0 saturated carbocycles. The van der Waals surface area contributed by atoms with Gasteiger partial charge in [0.1, 0.15) is 0 Å². The highest BCUT2D eigenvalue weighted by atomic mass is 79.9. The van der Waals surface area contributed by atoms with Crippen molar-refractivity contribution in [2.45, 2.75) is 13.5 Å². The summed E-state index contributed by atoms with van der Waals surface area (Å²) in [5, 5.41) is 0. The number of carbonyl (C=O) groups is 1. The lowest BCUT2D eigenvalue weighted by atomic mass is 10.1. The summed E-state index contributed by atoms with van der Waals surface area (Å²) in [6, 6.07) is 11.4. The number of pyridine rings is 1. The molecule has 4 heteroatoms. The van der Waals surface area contributed by atoms with Gasteiger partial charge in [-0.3, -0.25) is 4.79 Å². The van der Waals surface area contributed by atoms with Gasteiger partial charge in [0.15, 0.2) is 12.4 Å². The molecule has 2 aromatic rings. The van der Waals surface area contributed by atoms with E-state index in [9.17, 15) is 4.79 Å². The van der Waals surface area contributed by atoms with E-state index in [2.05, 4.69) is 15.9 Å².